The van der Waals surface area contributed by atoms with E-state index in [4.69, 9.17) is 10.2 Å². The van der Waals surface area contributed by atoms with Gasteiger partial charge in [-0.05, 0) is 31.7 Å². The van der Waals surface area contributed by atoms with Crippen molar-refractivity contribution in [2.45, 2.75) is 32.7 Å². The third kappa shape index (κ3) is 2.64. The maximum atomic E-state index is 5.92. The highest BCUT2D eigenvalue weighted by atomic mass is 16.3. The Kier molecular flexibility index (Phi) is 3.63. The van der Waals surface area contributed by atoms with Crippen LogP contribution in [0, 0.1) is 12.8 Å². The van der Waals surface area contributed by atoms with E-state index in [0.29, 0.717) is 12.5 Å². The van der Waals surface area contributed by atoms with Gasteiger partial charge in [0, 0.05) is 17.5 Å². The Labute approximate surface area is 119 Å². The Bertz CT molecular complexity index is 626. The molecule has 1 saturated carbocycles. The van der Waals surface area contributed by atoms with E-state index < -0.39 is 0 Å². The van der Waals surface area contributed by atoms with Crippen molar-refractivity contribution in [2.75, 3.05) is 6.54 Å². The first-order valence-electron chi connectivity index (χ1n) is 7.25. The van der Waals surface area contributed by atoms with E-state index >= 15 is 0 Å². The van der Waals surface area contributed by atoms with Gasteiger partial charge >= 0.3 is 0 Å². The number of hydrogen-bond donors (Lipinski definition) is 2. The molecular formula is C16H21N3O. The second-order valence-electron chi connectivity index (χ2n) is 5.51. The first-order chi connectivity index (χ1) is 9.74. The highest BCUT2D eigenvalue weighted by molar-refractivity contribution is 5.83. The fourth-order valence-electron chi connectivity index (χ4n) is 2.58. The number of nitrogens with two attached hydrogens (primary N) is 1. The maximum Gasteiger partial charge on any atom is 0.188 e. The minimum absolute atomic E-state index is 0.529. The number of furan rings is 1. The Morgan fingerprint density at radius 2 is 2.20 bits per heavy atom. The van der Waals surface area contributed by atoms with Crippen LogP contribution >= 0.6 is 0 Å². The number of benzene rings is 1. The van der Waals surface area contributed by atoms with Crippen molar-refractivity contribution < 1.29 is 4.42 Å². The highest BCUT2D eigenvalue weighted by Crippen LogP contribution is 2.26. The van der Waals surface area contributed by atoms with E-state index in [1.54, 1.807) is 0 Å². The quantitative estimate of drug-likeness (QED) is 0.664. The zero-order valence-corrected chi connectivity index (χ0v) is 11.9. The smallest absolute Gasteiger partial charge is 0.188 e. The molecule has 1 aliphatic carbocycles. The van der Waals surface area contributed by atoms with Crippen molar-refractivity contribution in [3.63, 3.8) is 0 Å². The minimum atomic E-state index is 0.529. The molecule has 4 nitrogen and oxygen atoms in total. The molecule has 1 fully saturated rings. The van der Waals surface area contributed by atoms with Crippen LogP contribution in [-0.4, -0.2) is 12.5 Å². The molecule has 20 heavy (non-hydrogen) atoms. The Morgan fingerprint density at radius 3 is 2.95 bits per heavy atom. The Hall–Kier alpha value is -1.97. The molecule has 2 aromatic rings. The van der Waals surface area contributed by atoms with Crippen molar-refractivity contribution in [1.29, 1.82) is 0 Å². The van der Waals surface area contributed by atoms with Crippen molar-refractivity contribution in [3.8, 4) is 0 Å². The molecule has 0 bridgehead atoms. The third-order valence-corrected chi connectivity index (χ3v) is 4.10. The minimum Gasteiger partial charge on any atom is -0.461 e. The second kappa shape index (κ2) is 5.57. The maximum absolute atomic E-state index is 5.92. The monoisotopic (exact) mass is 271 g/mol. The lowest BCUT2D eigenvalue weighted by Gasteiger charge is -2.25. The van der Waals surface area contributed by atoms with Crippen LogP contribution in [0.5, 0.6) is 0 Å². The van der Waals surface area contributed by atoms with E-state index in [0.717, 1.165) is 34.8 Å². The molecule has 0 radical (unpaired) electrons. The summed E-state index contributed by atoms with van der Waals surface area (Å²) in [4.78, 5) is 4.43. The number of para-hydroxylation sites is 1. The first kappa shape index (κ1) is 13.0. The standard InChI is InChI=1S/C16H21N3O/c1-11-14(13-7-2-3-8-15(13)20-11)10-19-16(17)18-9-12-5-4-6-12/h2-3,7-8,12H,4-6,9-10H2,1H3,(H3,17,18,19). The molecule has 1 aromatic carbocycles. The van der Waals surface area contributed by atoms with E-state index in [-0.39, 0.29) is 0 Å². The van der Waals surface area contributed by atoms with Gasteiger partial charge in [0.25, 0.3) is 0 Å². The van der Waals surface area contributed by atoms with Crippen LogP contribution in [0.2, 0.25) is 0 Å². The summed E-state index contributed by atoms with van der Waals surface area (Å²) in [5, 5.41) is 4.34. The largest absolute Gasteiger partial charge is 0.461 e. The molecule has 0 spiro atoms. The van der Waals surface area contributed by atoms with Gasteiger partial charge in [-0.2, -0.15) is 0 Å². The van der Waals surface area contributed by atoms with Gasteiger partial charge in [0.15, 0.2) is 5.96 Å². The van der Waals surface area contributed by atoms with Crippen LogP contribution in [0.15, 0.2) is 33.7 Å². The zero-order valence-electron chi connectivity index (χ0n) is 11.9. The van der Waals surface area contributed by atoms with Crippen LogP contribution in [0.25, 0.3) is 11.0 Å². The van der Waals surface area contributed by atoms with Gasteiger partial charge in [-0.3, -0.25) is 0 Å². The molecule has 4 heteroatoms. The fourth-order valence-corrected chi connectivity index (χ4v) is 2.58. The summed E-state index contributed by atoms with van der Waals surface area (Å²) in [6.07, 6.45) is 3.97. The van der Waals surface area contributed by atoms with Crippen molar-refractivity contribution in [2.24, 2.45) is 16.6 Å². The lowest BCUT2D eigenvalue weighted by Crippen LogP contribution is -2.37. The van der Waals surface area contributed by atoms with Crippen molar-refractivity contribution in [3.05, 3.63) is 35.6 Å². The van der Waals surface area contributed by atoms with Gasteiger partial charge < -0.3 is 15.5 Å². The van der Waals surface area contributed by atoms with E-state index in [2.05, 4.69) is 16.4 Å². The summed E-state index contributed by atoms with van der Waals surface area (Å²) in [6.45, 7) is 3.48. The SMILES string of the molecule is Cc1oc2ccccc2c1CN=C(N)NCC1CCC1. The molecule has 0 aliphatic heterocycles. The molecule has 0 saturated heterocycles. The van der Waals surface area contributed by atoms with Gasteiger partial charge in [0.2, 0.25) is 0 Å². The number of guanidine groups is 1. The molecule has 1 aromatic heterocycles. The van der Waals surface area contributed by atoms with Gasteiger partial charge in [0.1, 0.15) is 11.3 Å². The van der Waals surface area contributed by atoms with E-state index in [1.807, 2.05) is 25.1 Å². The van der Waals surface area contributed by atoms with Crippen LogP contribution < -0.4 is 11.1 Å². The molecule has 1 aliphatic rings. The molecule has 0 unspecified atom stereocenters. The number of rotatable bonds is 4. The second-order valence-corrected chi connectivity index (χ2v) is 5.51. The highest BCUT2D eigenvalue weighted by Gasteiger charge is 2.17. The van der Waals surface area contributed by atoms with E-state index in [9.17, 15) is 0 Å². The van der Waals surface area contributed by atoms with E-state index in [1.165, 1.54) is 19.3 Å². The van der Waals surface area contributed by atoms with Crippen LogP contribution in [0.1, 0.15) is 30.6 Å². The molecule has 3 N–H and O–H groups in total. The fraction of sp³-hybridized carbons (Fsp3) is 0.438. The summed E-state index contributed by atoms with van der Waals surface area (Å²) in [7, 11) is 0. The van der Waals surface area contributed by atoms with Crippen LogP contribution in [-0.2, 0) is 6.54 Å². The molecular weight excluding hydrogens is 250 g/mol. The number of aryl methyl sites for hydroxylation is 1. The van der Waals surface area contributed by atoms with Gasteiger partial charge in [0.05, 0.1) is 6.54 Å². The van der Waals surface area contributed by atoms with Gasteiger partial charge in [-0.15, -0.1) is 0 Å². The van der Waals surface area contributed by atoms with Crippen molar-refractivity contribution in [1.82, 2.24) is 5.32 Å². The summed E-state index contributed by atoms with van der Waals surface area (Å²) in [5.74, 6) is 2.23. The number of aliphatic imine (C=N–C) groups is 1. The Balaban J connectivity index is 1.67. The molecule has 0 amide bonds. The summed E-state index contributed by atoms with van der Waals surface area (Å²) < 4.78 is 5.73. The average molecular weight is 271 g/mol. The van der Waals surface area contributed by atoms with Crippen molar-refractivity contribution >= 4 is 16.9 Å². The summed E-state index contributed by atoms with van der Waals surface area (Å²) in [6, 6.07) is 8.04. The molecule has 106 valence electrons. The average Bonchev–Trinajstić information content (AvgIpc) is 2.70. The van der Waals surface area contributed by atoms with Crippen LogP contribution in [0.4, 0.5) is 0 Å². The third-order valence-electron chi connectivity index (χ3n) is 4.10. The normalized spacial score (nSPS) is 16.4. The van der Waals surface area contributed by atoms with Gasteiger partial charge in [-0.25, -0.2) is 4.99 Å². The number of nitrogens with zero attached hydrogens (tertiary/aromatic N) is 1. The molecule has 3 rings (SSSR count). The summed E-state index contributed by atoms with van der Waals surface area (Å²) in [5.41, 5.74) is 7.95. The number of hydrogen-bond acceptors (Lipinski definition) is 2. The molecule has 1 heterocycles. The number of fused-ring (bicyclic) bond motifs is 1. The Morgan fingerprint density at radius 1 is 1.40 bits per heavy atom. The lowest BCUT2D eigenvalue weighted by atomic mass is 9.85. The predicted molar refractivity (Wildman–Crippen MR) is 81.6 cm³/mol. The summed E-state index contributed by atoms with van der Waals surface area (Å²) >= 11 is 0. The zero-order chi connectivity index (χ0) is 13.9. The van der Waals surface area contributed by atoms with Crippen LogP contribution in [0.3, 0.4) is 0 Å². The first-order valence-corrected chi connectivity index (χ1v) is 7.25. The lowest BCUT2D eigenvalue weighted by molar-refractivity contribution is 0.315. The molecule has 0 atom stereocenters. The predicted octanol–water partition coefficient (Wildman–Crippen LogP) is 2.95. The topological polar surface area (TPSA) is 63.5 Å². The van der Waals surface area contributed by atoms with Gasteiger partial charge in [-0.1, -0.05) is 24.6 Å². The number of nitrogens with one attached hydrogen (secondary N) is 1.